The van der Waals surface area contributed by atoms with E-state index in [1.54, 1.807) is 13.8 Å². The summed E-state index contributed by atoms with van der Waals surface area (Å²) in [7, 11) is 0. The van der Waals surface area contributed by atoms with E-state index in [0.29, 0.717) is 18.7 Å². The molecule has 1 aromatic carbocycles. The van der Waals surface area contributed by atoms with Crippen LogP contribution in [-0.2, 0) is 9.59 Å². The van der Waals surface area contributed by atoms with Crippen LogP contribution in [0.2, 0.25) is 0 Å². The van der Waals surface area contributed by atoms with Gasteiger partial charge in [0, 0.05) is 13.0 Å². The maximum absolute atomic E-state index is 13.3. The number of ether oxygens (including phenoxy) is 1. The van der Waals surface area contributed by atoms with Gasteiger partial charge >= 0.3 is 0 Å². The Morgan fingerprint density at radius 3 is 2.69 bits per heavy atom. The number of likely N-dealkylation sites (tertiary alicyclic amines) is 1. The summed E-state index contributed by atoms with van der Waals surface area (Å²) in [6.45, 7) is 6.17. The molecule has 2 fully saturated rings. The average Bonchev–Trinajstić information content (AvgIpc) is 2.72. The molecule has 2 amide bonds. The first kappa shape index (κ1) is 18.7. The van der Waals surface area contributed by atoms with Gasteiger partial charge in [0.1, 0.15) is 11.6 Å². The quantitative estimate of drug-likeness (QED) is 0.899. The molecule has 2 aliphatic heterocycles. The molecule has 0 saturated carbocycles. The molecule has 142 valence electrons. The van der Waals surface area contributed by atoms with E-state index in [9.17, 15) is 14.0 Å². The lowest BCUT2D eigenvalue weighted by Gasteiger charge is -2.49. The highest BCUT2D eigenvalue weighted by atomic mass is 19.1. The molecule has 3 rings (SSSR count). The fourth-order valence-electron chi connectivity index (χ4n) is 4.17. The average molecular weight is 362 g/mol. The molecule has 0 spiro atoms. The Balaban J connectivity index is 1.80. The van der Waals surface area contributed by atoms with Gasteiger partial charge in [0.05, 0.1) is 11.6 Å². The predicted molar refractivity (Wildman–Crippen MR) is 96.2 cm³/mol. The molecule has 0 radical (unpaired) electrons. The second-order valence-corrected chi connectivity index (χ2v) is 8.04. The van der Waals surface area contributed by atoms with Crippen LogP contribution in [0.25, 0.3) is 0 Å². The normalized spacial score (nSPS) is 26.5. The third-order valence-corrected chi connectivity index (χ3v) is 5.48. The second-order valence-electron chi connectivity index (χ2n) is 8.04. The van der Waals surface area contributed by atoms with Crippen molar-refractivity contribution in [2.75, 3.05) is 6.54 Å². The van der Waals surface area contributed by atoms with Crippen LogP contribution < -0.4 is 10.1 Å². The van der Waals surface area contributed by atoms with Crippen LogP contribution in [0.3, 0.4) is 0 Å². The Morgan fingerprint density at radius 1 is 1.31 bits per heavy atom. The Morgan fingerprint density at radius 2 is 2.00 bits per heavy atom. The van der Waals surface area contributed by atoms with Crippen molar-refractivity contribution in [1.82, 2.24) is 10.2 Å². The van der Waals surface area contributed by atoms with Gasteiger partial charge in [-0.25, -0.2) is 4.39 Å². The van der Waals surface area contributed by atoms with Crippen molar-refractivity contribution in [3.05, 3.63) is 30.1 Å². The number of benzene rings is 1. The van der Waals surface area contributed by atoms with Gasteiger partial charge < -0.3 is 15.0 Å². The maximum atomic E-state index is 13.3. The Hall–Kier alpha value is -2.11. The SMILES string of the molecule is CC(C)(Oc1ccc(F)cc1)C(=O)N1CCC[C@]2(C)NC(=O)CCC[C@H]12. The topological polar surface area (TPSA) is 58.6 Å². The molecule has 6 heteroatoms. The summed E-state index contributed by atoms with van der Waals surface area (Å²) >= 11 is 0. The lowest BCUT2D eigenvalue weighted by atomic mass is 9.80. The number of nitrogens with one attached hydrogen (secondary N) is 1. The van der Waals surface area contributed by atoms with Gasteiger partial charge in [-0.1, -0.05) is 0 Å². The molecule has 2 aliphatic rings. The Labute approximate surface area is 153 Å². The van der Waals surface area contributed by atoms with Gasteiger partial charge in [-0.3, -0.25) is 9.59 Å². The number of hydrogen-bond acceptors (Lipinski definition) is 3. The number of piperidine rings is 1. The molecular formula is C20H27FN2O3. The summed E-state index contributed by atoms with van der Waals surface area (Å²) in [5.41, 5.74) is -1.47. The molecule has 1 aromatic rings. The minimum Gasteiger partial charge on any atom is -0.478 e. The molecule has 2 saturated heterocycles. The van der Waals surface area contributed by atoms with Crippen LogP contribution in [0, 0.1) is 5.82 Å². The molecule has 2 atom stereocenters. The minimum absolute atomic E-state index is 0.0358. The van der Waals surface area contributed by atoms with Crippen molar-refractivity contribution in [3.8, 4) is 5.75 Å². The van der Waals surface area contributed by atoms with Crippen LogP contribution in [-0.4, -0.2) is 40.4 Å². The van der Waals surface area contributed by atoms with E-state index in [4.69, 9.17) is 4.74 Å². The molecule has 0 bridgehead atoms. The summed E-state index contributed by atoms with van der Waals surface area (Å²) < 4.78 is 19.0. The molecule has 0 aromatic heterocycles. The highest BCUT2D eigenvalue weighted by molar-refractivity contribution is 5.86. The number of rotatable bonds is 3. The van der Waals surface area contributed by atoms with E-state index in [1.165, 1.54) is 24.3 Å². The van der Waals surface area contributed by atoms with Gasteiger partial charge in [0.25, 0.3) is 5.91 Å². The molecule has 5 nitrogen and oxygen atoms in total. The maximum Gasteiger partial charge on any atom is 0.266 e. The van der Waals surface area contributed by atoms with Crippen molar-refractivity contribution in [1.29, 1.82) is 0 Å². The largest absolute Gasteiger partial charge is 0.478 e. The number of carbonyl (C=O) groups is 2. The number of amides is 2. The summed E-state index contributed by atoms with van der Waals surface area (Å²) in [4.78, 5) is 27.2. The molecule has 0 aliphatic carbocycles. The second kappa shape index (κ2) is 6.89. The summed E-state index contributed by atoms with van der Waals surface area (Å²) in [6.07, 6.45) is 3.78. The van der Waals surface area contributed by atoms with Crippen molar-refractivity contribution < 1.29 is 18.7 Å². The lowest BCUT2D eigenvalue weighted by Crippen LogP contribution is -2.66. The third-order valence-electron chi connectivity index (χ3n) is 5.48. The fourth-order valence-corrected chi connectivity index (χ4v) is 4.17. The van der Waals surface area contributed by atoms with Crippen molar-refractivity contribution in [2.45, 2.75) is 70.1 Å². The Bertz CT molecular complexity index is 689. The summed E-state index contributed by atoms with van der Waals surface area (Å²) in [6, 6.07) is 5.64. The molecular weight excluding hydrogens is 335 g/mol. The standard InChI is InChI=1S/C20H27FN2O3/c1-19(2,26-15-10-8-14(21)9-11-15)18(25)23-13-5-12-20(3)16(23)6-4-7-17(24)22-20/h8-11,16H,4-7,12-13H2,1-3H3,(H,22,24)/t16-,20-/m0/s1. The minimum atomic E-state index is -1.08. The molecule has 2 heterocycles. The zero-order valence-electron chi connectivity index (χ0n) is 15.7. The zero-order chi connectivity index (χ0) is 18.9. The van der Waals surface area contributed by atoms with E-state index in [2.05, 4.69) is 5.32 Å². The van der Waals surface area contributed by atoms with Crippen LogP contribution in [0.4, 0.5) is 4.39 Å². The number of hydrogen-bond donors (Lipinski definition) is 1. The van der Waals surface area contributed by atoms with Gasteiger partial charge in [0.2, 0.25) is 5.91 Å². The lowest BCUT2D eigenvalue weighted by molar-refractivity contribution is -0.152. The van der Waals surface area contributed by atoms with E-state index in [0.717, 1.165) is 25.7 Å². The number of fused-ring (bicyclic) bond motifs is 1. The van der Waals surface area contributed by atoms with Gasteiger partial charge in [-0.05, 0) is 70.7 Å². The molecule has 0 unspecified atom stereocenters. The van der Waals surface area contributed by atoms with Crippen molar-refractivity contribution in [2.24, 2.45) is 0 Å². The monoisotopic (exact) mass is 362 g/mol. The molecule has 26 heavy (non-hydrogen) atoms. The van der Waals surface area contributed by atoms with E-state index >= 15 is 0 Å². The number of nitrogens with zero attached hydrogens (tertiary/aromatic N) is 1. The number of carbonyl (C=O) groups excluding carboxylic acids is 2. The summed E-state index contributed by atoms with van der Waals surface area (Å²) in [5, 5.41) is 3.13. The Kier molecular flexibility index (Phi) is 4.95. The predicted octanol–water partition coefficient (Wildman–Crippen LogP) is 3.03. The highest BCUT2D eigenvalue weighted by Crippen LogP contribution is 2.35. The zero-order valence-corrected chi connectivity index (χ0v) is 15.7. The van der Waals surface area contributed by atoms with Crippen LogP contribution >= 0.6 is 0 Å². The van der Waals surface area contributed by atoms with Gasteiger partial charge in [0.15, 0.2) is 5.60 Å². The first-order chi connectivity index (χ1) is 12.2. The summed E-state index contributed by atoms with van der Waals surface area (Å²) in [5.74, 6) is 0.0705. The van der Waals surface area contributed by atoms with Crippen LogP contribution in [0.1, 0.15) is 52.9 Å². The smallest absolute Gasteiger partial charge is 0.266 e. The third kappa shape index (κ3) is 3.69. The van der Waals surface area contributed by atoms with Crippen LogP contribution in [0.15, 0.2) is 24.3 Å². The van der Waals surface area contributed by atoms with E-state index in [-0.39, 0.29) is 23.7 Å². The fraction of sp³-hybridized carbons (Fsp3) is 0.600. The molecule has 1 N–H and O–H groups in total. The van der Waals surface area contributed by atoms with Gasteiger partial charge in [-0.15, -0.1) is 0 Å². The van der Waals surface area contributed by atoms with Crippen molar-refractivity contribution >= 4 is 11.8 Å². The number of halogens is 1. The van der Waals surface area contributed by atoms with E-state index in [1.807, 2.05) is 11.8 Å². The van der Waals surface area contributed by atoms with E-state index < -0.39 is 11.1 Å². The first-order valence-electron chi connectivity index (χ1n) is 9.28. The highest BCUT2D eigenvalue weighted by Gasteiger charge is 2.48. The first-order valence-corrected chi connectivity index (χ1v) is 9.28. The van der Waals surface area contributed by atoms with Gasteiger partial charge in [-0.2, -0.15) is 0 Å². The van der Waals surface area contributed by atoms with Crippen molar-refractivity contribution in [3.63, 3.8) is 0 Å². The van der Waals surface area contributed by atoms with Crippen LogP contribution in [0.5, 0.6) is 5.75 Å².